The summed E-state index contributed by atoms with van der Waals surface area (Å²) in [7, 11) is 1.61. The number of pyridine rings is 1. The van der Waals surface area contributed by atoms with Crippen molar-refractivity contribution in [3.05, 3.63) is 12.1 Å². The van der Waals surface area contributed by atoms with E-state index in [9.17, 15) is 0 Å². The quantitative estimate of drug-likeness (QED) is 0.832. The van der Waals surface area contributed by atoms with Gasteiger partial charge in [0.05, 0.1) is 12.8 Å². The Kier molecular flexibility index (Phi) is 4.40. The van der Waals surface area contributed by atoms with Crippen LogP contribution in [0, 0.1) is 0 Å². The fourth-order valence-corrected chi connectivity index (χ4v) is 1.68. The Morgan fingerprint density at radius 3 is 2.62 bits per heavy atom. The fourth-order valence-electron chi connectivity index (χ4n) is 1.68. The molecule has 0 fully saturated rings. The van der Waals surface area contributed by atoms with Gasteiger partial charge in [-0.15, -0.1) is 0 Å². The number of ether oxygens (including phenoxy) is 1. The van der Waals surface area contributed by atoms with Crippen LogP contribution in [0.2, 0.25) is 0 Å². The highest BCUT2D eigenvalue weighted by Crippen LogP contribution is 2.25. The molecule has 4 heteroatoms. The standard InChI is InChI=1S/C12H21N3O/c1-5-9(3)15(6-2)12-10(13)7-8-11(14-12)16-4/h7-9H,5-6,13H2,1-4H3. The van der Waals surface area contributed by atoms with Crippen molar-refractivity contribution in [2.45, 2.75) is 33.2 Å². The van der Waals surface area contributed by atoms with Crippen LogP contribution in [0.4, 0.5) is 11.5 Å². The van der Waals surface area contributed by atoms with Crippen molar-refractivity contribution in [1.82, 2.24) is 4.98 Å². The second-order valence-corrected chi connectivity index (χ2v) is 3.81. The molecule has 90 valence electrons. The first kappa shape index (κ1) is 12.6. The molecule has 16 heavy (non-hydrogen) atoms. The van der Waals surface area contributed by atoms with E-state index >= 15 is 0 Å². The Hall–Kier alpha value is -1.45. The van der Waals surface area contributed by atoms with Crippen molar-refractivity contribution in [3.63, 3.8) is 0 Å². The fraction of sp³-hybridized carbons (Fsp3) is 0.583. The second-order valence-electron chi connectivity index (χ2n) is 3.81. The number of aromatic nitrogens is 1. The van der Waals surface area contributed by atoms with E-state index in [0.717, 1.165) is 18.8 Å². The minimum atomic E-state index is 0.423. The molecule has 0 saturated heterocycles. The van der Waals surface area contributed by atoms with Crippen molar-refractivity contribution < 1.29 is 4.74 Å². The number of hydrogen-bond donors (Lipinski definition) is 1. The van der Waals surface area contributed by atoms with Gasteiger partial charge in [-0.25, -0.2) is 0 Å². The van der Waals surface area contributed by atoms with Crippen molar-refractivity contribution in [2.24, 2.45) is 0 Å². The molecule has 0 aliphatic rings. The lowest BCUT2D eigenvalue weighted by molar-refractivity contribution is 0.397. The summed E-state index contributed by atoms with van der Waals surface area (Å²) in [5.41, 5.74) is 6.65. The van der Waals surface area contributed by atoms with Crippen LogP contribution in [-0.2, 0) is 0 Å². The first-order valence-corrected chi connectivity index (χ1v) is 5.71. The molecule has 1 heterocycles. The predicted molar refractivity (Wildman–Crippen MR) is 68.0 cm³/mol. The van der Waals surface area contributed by atoms with Crippen LogP contribution in [0.1, 0.15) is 27.2 Å². The Morgan fingerprint density at radius 1 is 1.44 bits per heavy atom. The Bertz CT molecular complexity index is 341. The van der Waals surface area contributed by atoms with Gasteiger partial charge in [0.1, 0.15) is 0 Å². The van der Waals surface area contributed by atoms with E-state index in [4.69, 9.17) is 10.5 Å². The van der Waals surface area contributed by atoms with E-state index in [1.54, 1.807) is 13.2 Å². The monoisotopic (exact) mass is 223 g/mol. The van der Waals surface area contributed by atoms with Crippen molar-refractivity contribution in [3.8, 4) is 5.88 Å². The topological polar surface area (TPSA) is 51.4 Å². The van der Waals surface area contributed by atoms with Crippen LogP contribution in [-0.4, -0.2) is 24.7 Å². The van der Waals surface area contributed by atoms with Crippen molar-refractivity contribution >= 4 is 11.5 Å². The molecule has 4 nitrogen and oxygen atoms in total. The zero-order valence-electron chi connectivity index (χ0n) is 10.5. The van der Waals surface area contributed by atoms with Crippen molar-refractivity contribution in [1.29, 1.82) is 0 Å². The van der Waals surface area contributed by atoms with Gasteiger partial charge in [0.15, 0.2) is 5.82 Å². The summed E-state index contributed by atoms with van der Waals surface area (Å²) in [6.07, 6.45) is 1.06. The van der Waals surface area contributed by atoms with Gasteiger partial charge >= 0.3 is 0 Å². The summed E-state index contributed by atoms with van der Waals surface area (Å²) in [5.74, 6) is 1.42. The molecule has 1 atom stereocenters. The van der Waals surface area contributed by atoms with Crippen LogP contribution in [0.25, 0.3) is 0 Å². The minimum absolute atomic E-state index is 0.423. The van der Waals surface area contributed by atoms with Crippen LogP contribution in [0.5, 0.6) is 5.88 Å². The summed E-state index contributed by atoms with van der Waals surface area (Å²) in [6, 6.07) is 4.04. The van der Waals surface area contributed by atoms with E-state index in [1.807, 2.05) is 6.07 Å². The lowest BCUT2D eigenvalue weighted by Gasteiger charge is -2.29. The molecule has 0 aliphatic heterocycles. The Morgan fingerprint density at radius 2 is 2.12 bits per heavy atom. The predicted octanol–water partition coefficient (Wildman–Crippen LogP) is 2.30. The van der Waals surface area contributed by atoms with Crippen LogP contribution in [0.3, 0.4) is 0 Å². The molecule has 1 unspecified atom stereocenters. The van der Waals surface area contributed by atoms with E-state index in [-0.39, 0.29) is 0 Å². The highest BCUT2D eigenvalue weighted by molar-refractivity contribution is 5.64. The number of nitrogen functional groups attached to an aromatic ring is 1. The molecule has 0 aromatic carbocycles. The van der Waals surface area contributed by atoms with E-state index in [1.165, 1.54) is 0 Å². The number of rotatable bonds is 5. The van der Waals surface area contributed by atoms with Gasteiger partial charge in [0, 0.05) is 18.7 Å². The molecule has 1 aromatic heterocycles. The van der Waals surface area contributed by atoms with Gasteiger partial charge < -0.3 is 15.4 Å². The van der Waals surface area contributed by atoms with Crippen LogP contribution in [0.15, 0.2) is 12.1 Å². The molecular weight excluding hydrogens is 202 g/mol. The normalized spacial score (nSPS) is 12.2. The summed E-state index contributed by atoms with van der Waals surface area (Å²) in [6.45, 7) is 7.32. The summed E-state index contributed by atoms with van der Waals surface area (Å²) in [5, 5.41) is 0. The molecule has 0 spiro atoms. The van der Waals surface area contributed by atoms with E-state index in [2.05, 4.69) is 30.7 Å². The maximum Gasteiger partial charge on any atom is 0.215 e. The maximum atomic E-state index is 5.95. The SMILES string of the molecule is CCC(C)N(CC)c1nc(OC)ccc1N. The smallest absolute Gasteiger partial charge is 0.215 e. The molecule has 0 saturated carbocycles. The third-order valence-electron chi connectivity index (χ3n) is 2.82. The van der Waals surface area contributed by atoms with Crippen LogP contribution >= 0.6 is 0 Å². The summed E-state index contributed by atoms with van der Waals surface area (Å²) >= 11 is 0. The van der Waals surface area contributed by atoms with Gasteiger partial charge in [-0.2, -0.15) is 4.98 Å². The van der Waals surface area contributed by atoms with E-state index in [0.29, 0.717) is 17.6 Å². The number of nitrogens with two attached hydrogens (primary N) is 1. The molecule has 1 aromatic rings. The van der Waals surface area contributed by atoms with Crippen molar-refractivity contribution in [2.75, 3.05) is 24.3 Å². The highest BCUT2D eigenvalue weighted by Gasteiger charge is 2.15. The van der Waals surface area contributed by atoms with E-state index < -0.39 is 0 Å². The third kappa shape index (κ3) is 2.56. The number of anilines is 2. The Balaban J connectivity index is 3.07. The number of hydrogen-bond acceptors (Lipinski definition) is 4. The molecule has 0 radical (unpaired) electrons. The number of nitrogens with zero attached hydrogens (tertiary/aromatic N) is 2. The van der Waals surface area contributed by atoms with Gasteiger partial charge in [0.25, 0.3) is 0 Å². The first-order valence-electron chi connectivity index (χ1n) is 5.71. The lowest BCUT2D eigenvalue weighted by atomic mass is 10.2. The summed E-state index contributed by atoms with van der Waals surface area (Å²) in [4.78, 5) is 6.60. The molecular formula is C12H21N3O. The second kappa shape index (κ2) is 5.58. The molecule has 1 rings (SSSR count). The molecule has 2 N–H and O–H groups in total. The molecule has 0 bridgehead atoms. The van der Waals surface area contributed by atoms with Gasteiger partial charge in [-0.05, 0) is 26.3 Å². The average molecular weight is 223 g/mol. The zero-order valence-corrected chi connectivity index (χ0v) is 10.5. The number of methoxy groups -OCH3 is 1. The highest BCUT2D eigenvalue weighted by atomic mass is 16.5. The maximum absolute atomic E-state index is 5.95. The zero-order chi connectivity index (χ0) is 12.1. The minimum Gasteiger partial charge on any atom is -0.481 e. The van der Waals surface area contributed by atoms with Crippen LogP contribution < -0.4 is 15.4 Å². The molecule has 0 amide bonds. The third-order valence-corrected chi connectivity index (χ3v) is 2.82. The van der Waals surface area contributed by atoms with Gasteiger partial charge in [0.2, 0.25) is 5.88 Å². The summed E-state index contributed by atoms with van der Waals surface area (Å²) < 4.78 is 5.12. The van der Waals surface area contributed by atoms with Gasteiger partial charge in [-0.1, -0.05) is 6.92 Å². The van der Waals surface area contributed by atoms with Gasteiger partial charge in [-0.3, -0.25) is 0 Å². The first-order chi connectivity index (χ1) is 7.63. The average Bonchev–Trinajstić information content (AvgIpc) is 2.32. The largest absolute Gasteiger partial charge is 0.481 e. The Labute approximate surface area is 97.4 Å². The lowest BCUT2D eigenvalue weighted by Crippen LogP contribution is -2.33. The molecule has 0 aliphatic carbocycles.